The highest BCUT2D eigenvalue weighted by Crippen LogP contribution is 2.46. The van der Waals surface area contributed by atoms with Crippen LogP contribution in [0.1, 0.15) is 51.5 Å². The minimum Gasteiger partial charge on any atom is -0.481 e. The summed E-state index contributed by atoms with van der Waals surface area (Å²) in [5.74, 6) is 1.70. The highest BCUT2D eigenvalue weighted by atomic mass is 16.5. The van der Waals surface area contributed by atoms with Crippen LogP contribution in [0.25, 0.3) is 0 Å². The molecule has 1 saturated carbocycles. The van der Waals surface area contributed by atoms with E-state index < -0.39 is 5.60 Å². The van der Waals surface area contributed by atoms with Crippen molar-refractivity contribution >= 4 is 0 Å². The van der Waals surface area contributed by atoms with Crippen molar-refractivity contribution in [2.24, 2.45) is 11.8 Å². The average molecular weight is 306 g/mol. The van der Waals surface area contributed by atoms with Crippen LogP contribution in [-0.2, 0) is 5.60 Å². The van der Waals surface area contributed by atoms with Crippen molar-refractivity contribution in [1.29, 1.82) is 0 Å². The first kappa shape index (κ1) is 17.2. The third-order valence-electron chi connectivity index (χ3n) is 4.95. The van der Waals surface area contributed by atoms with Gasteiger partial charge in [-0.05, 0) is 56.7 Å². The molecule has 0 aliphatic heterocycles. The van der Waals surface area contributed by atoms with Gasteiger partial charge in [-0.15, -0.1) is 0 Å². The molecule has 3 unspecified atom stereocenters. The summed E-state index contributed by atoms with van der Waals surface area (Å²) >= 11 is 0. The molecular formula is C18H30N2O2. The molecule has 0 spiro atoms. The van der Waals surface area contributed by atoms with Gasteiger partial charge < -0.3 is 15.2 Å². The fraction of sp³-hybridized carbons (Fsp3) is 0.722. The Morgan fingerprint density at radius 3 is 2.82 bits per heavy atom. The van der Waals surface area contributed by atoms with Crippen LogP contribution >= 0.6 is 0 Å². The molecule has 1 aromatic rings. The second-order valence-corrected chi connectivity index (χ2v) is 6.66. The van der Waals surface area contributed by atoms with Gasteiger partial charge in [0.1, 0.15) is 0 Å². The smallest absolute Gasteiger partial charge is 0.212 e. The summed E-state index contributed by atoms with van der Waals surface area (Å²) in [4.78, 5) is 4.24. The summed E-state index contributed by atoms with van der Waals surface area (Å²) in [7, 11) is 1.61. The van der Waals surface area contributed by atoms with E-state index in [1.54, 1.807) is 13.3 Å². The fourth-order valence-corrected chi connectivity index (χ4v) is 3.53. The van der Waals surface area contributed by atoms with E-state index in [0.717, 1.165) is 37.9 Å². The van der Waals surface area contributed by atoms with Gasteiger partial charge >= 0.3 is 0 Å². The predicted molar refractivity (Wildman–Crippen MR) is 89.0 cm³/mol. The third-order valence-corrected chi connectivity index (χ3v) is 4.95. The van der Waals surface area contributed by atoms with E-state index in [1.165, 1.54) is 12.8 Å². The highest BCUT2D eigenvalue weighted by molar-refractivity contribution is 5.25. The number of nitrogens with one attached hydrogen (secondary N) is 1. The summed E-state index contributed by atoms with van der Waals surface area (Å²) in [5, 5.41) is 14.5. The molecule has 0 aromatic carbocycles. The van der Waals surface area contributed by atoms with Crippen LogP contribution < -0.4 is 10.1 Å². The molecule has 0 amide bonds. The molecule has 4 heteroatoms. The second kappa shape index (κ2) is 7.93. The molecule has 124 valence electrons. The van der Waals surface area contributed by atoms with Crippen LogP contribution in [-0.4, -0.2) is 30.3 Å². The molecule has 1 fully saturated rings. The predicted octanol–water partition coefficient (Wildman–Crippen LogP) is 3.10. The average Bonchev–Trinajstić information content (AvgIpc) is 2.83. The minimum atomic E-state index is -0.729. The van der Waals surface area contributed by atoms with Crippen molar-refractivity contribution in [2.75, 3.05) is 20.2 Å². The topological polar surface area (TPSA) is 54.4 Å². The Hall–Kier alpha value is -1.13. The molecule has 0 bridgehead atoms. The summed E-state index contributed by atoms with van der Waals surface area (Å²) in [6, 6.07) is 3.78. The van der Waals surface area contributed by atoms with E-state index >= 15 is 0 Å². The third kappa shape index (κ3) is 4.20. The van der Waals surface area contributed by atoms with E-state index in [1.807, 2.05) is 12.1 Å². The quantitative estimate of drug-likeness (QED) is 0.725. The van der Waals surface area contributed by atoms with Gasteiger partial charge in [0.05, 0.1) is 12.7 Å². The molecule has 1 heterocycles. The van der Waals surface area contributed by atoms with E-state index in [-0.39, 0.29) is 0 Å². The maximum absolute atomic E-state index is 11.0. The first-order valence-electron chi connectivity index (χ1n) is 8.52. The lowest BCUT2D eigenvalue weighted by molar-refractivity contribution is 0.0372. The fourth-order valence-electron chi connectivity index (χ4n) is 3.53. The highest BCUT2D eigenvalue weighted by Gasteiger charge is 2.42. The van der Waals surface area contributed by atoms with Crippen molar-refractivity contribution in [1.82, 2.24) is 10.3 Å². The number of ether oxygens (including phenoxy) is 1. The largest absolute Gasteiger partial charge is 0.481 e. The number of hydrogen-bond donors (Lipinski definition) is 2. The number of aromatic nitrogens is 1. The molecule has 1 aliphatic rings. The first-order chi connectivity index (χ1) is 10.6. The summed E-state index contributed by atoms with van der Waals surface area (Å²) in [5.41, 5.74) is 0.189. The zero-order valence-corrected chi connectivity index (χ0v) is 14.1. The van der Waals surface area contributed by atoms with Crippen molar-refractivity contribution in [3.8, 4) is 5.88 Å². The lowest BCUT2D eigenvalue weighted by atomic mass is 9.91. The standard InChI is InChI=1S/C18H30N2O2/c1-4-5-9-19-10-8-15-12-18(21,11-14(15)2)16-6-7-17(22-3)20-13-16/h6-7,13-15,19,21H,4-5,8-12H2,1-3H3. The Labute approximate surface area is 134 Å². The van der Waals surface area contributed by atoms with E-state index in [9.17, 15) is 5.11 Å². The Morgan fingerprint density at radius 1 is 1.36 bits per heavy atom. The molecule has 22 heavy (non-hydrogen) atoms. The first-order valence-corrected chi connectivity index (χ1v) is 8.52. The van der Waals surface area contributed by atoms with Gasteiger partial charge in [-0.1, -0.05) is 20.3 Å². The minimum absolute atomic E-state index is 0.542. The molecule has 0 saturated heterocycles. The van der Waals surface area contributed by atoms with E-state index in [4.69, 9.17) is 4.74 Å². The maximum atomic E-state index is 11.0. The molecule has 2 rings (SSSR count). The molecule has 0 radical (unpaired) electrons. The van der Waals surface area contributed by atoms with Crippen LogP contribution in [0, 0.1) is 11.8 Å². The number of pyridine rings is 1. The Kier molecular flexibility index (Phi) is 6.21. The lowest BCUT2D eigenvalue weighted by Crippen LogP contribution is -2.23. The maximum Gasteiger partial charge on any atom is 0.212 e. The monoisotopic (exact) mass is 306 g/mol. The number of aliphatic hydroxyl groups is 1. The number of methoxy groups -OCH3 is 1. The summed E-state index contributed by atoms with van der Waals surface area (Å²) in [6.07, 6.45) is 7.02. The normalized spacial score (nSPS) is 28.0. The molecule has 1 aromatic heterocycles. The molecule has 3 atom stereocenters. The van der Waals surface area contributed by atoms with Crippen molar-refractivity contribution in [3.63, 3.8) is 0 Å². The van der Waals surface area contributed by atoms with Crippen LogP contribution in [0.3, 0.4) is 0 Å². The van der Waals surface area contributed by atoms with E-state index in [0.29, 0.717) is 17.7 Å². The summed E-state index contributed by atoms with van der Waals surface area (Å²) < 4.78 is 5.09. The number of hydrogen-bond acceptors (Lipinski definition) is 4. The van der Waals surface area contributed by atoms with Gasteiger partial charge in [0.15, 0.2) is 0 Å². The molecule has 2 N–H and O–H groups in total. The lowest BCUT2D eigenvalue weighted by Gasteiger charge is -2.23. The van der Waals surface area contributed by atoms with E-state index in [2.05, 4.69) is 24.1 Å². The zero-order valence-electron chi connectivity index (χ0n) is 14.1. The van der Waals surface area contributed by atoms with Crippen LogP contribution in [0.15, 0.2) is 18.3 Å². The number of nitrogens with zero attached hydrogens (tertiary/aromatic N) is 1. The number of rotatable bonds is 8. The Balaban J connectivity index is 1.90. The van der Waals surface area contributed by atoms with Crippen molar-refractivity contribution < 1.29 is 9.84 Å². The van der Waals surface area contributed by atoms with Crippen LogP contribution in [0.5, 0.6) is 5.88 Å². The van der Waals surface area contributed by atoms with Gasteiger partial charge in [-0.25, -0.2) is 4.98 Å². The number of unbranched alkanes of at least 4 members (excludes halogenated alkanes) is 1. The van der Waals surface area contributed by atoms with Gasteiger partial charge in [-0.2, -0.15) is 0 Å². The van der Waals surface area contributed by atoms with Crippen LogP contribution in [0.4, 0.5) is 0 Å². The van der Waals surface area contributed by atoms with Gasteiger partial charge in [-0.3, -0.25) is 0 Å². The molecular weight excluding hydrogens is 276 g/mol. The van der Waals surface area contributed by atoms with Gasteiger partial charge in [0, 0.05) is 17.8 Å². The summed E-state index contributed by atoms with van der Waals surface area (Å²) in [6.45, 7) is 6.62. The molecule has 1 aliphatic carbocycles. The van der Waals surface area contributed by atoms with Crippen LogP contribution in [0.2, 0.25) is 0 Å². The second-order valence-electron chi connectivity index (χ2n) is 6.66. The van der Waals surface area contributed by atoms with Gasteiger partial charge in [0.2, 0.25) is 5.88 Å². The molecule has 4 nitrogen and oxygen atoms in total. The Bertz CT molecular complexity index is 449. The van der Waals surface area contributed by atoms with Gasteiger partial charge in [0.25, 0.3) is 0 Å². The Morgan fingerprint density at radius 2 is 2.18 bits per heavy atom. The van der Waals surface area contributed by atoms with Crippen molar-refractivity contribution in [2.45, 2.75) is 51.6 Å². The zero-order chi connectivity index (χ0) is 16.0. The SMILES string of the molecule is CCCCNCCC1CC(O)(c2ccc(OC)nc2)CC1C. The van der Waals surface area contributed by atoms with Crippen molar-refractivity contribution in [3.05, 3.63) is 23.9 Å².